The second-order valence-corrected chi connectivity index (χ2v) is 6.61. The summed E-state index contributed by atoms with van der Waals surface area (Å²) in [4.78, 5) is 12.7. The third-order valence-electron chi connectivity index (χ3n) is 4.41. The van der Waals surface area contributed by atoms with Crippen molar-refractivity contribution < 1.29 is 18.7 Å². The van der Waals surface area contributed by atoms with E-state index in [1.807, 2.05) is 6.07 Å². The van der Waals surface area contributed by atoms with Crippen molar-refractivity contribution in [3.8, 4) is 0 Å². The minimum absolute atomic E-state index is 0.236. The molecule has 0 spiro atoms. The first-order valence-corrected chi connectivity index (χ1v) is 8.93. The van der Waals surface area contributed by atoms with E-state index >= 15 is 0 Å². The fourth-order valence-corrected chi connectivity index (χ4v) is 3.24. The zero-order chi connectivity index (χ0) is 19.6. The SMILES string of the molecule is O=C(Nc1ccc(Cl)cc1C(O)(c1ccco1)c1ccco1)c1ccccc1. The van der Waals surface area contributed by atoms with Crippen LogP contribution in [0.3, 0.4) is 0 Å². The number of amides is 1. The van der Waals surface area contributed by atoms with E-state index in [9.17, 15) is 9.90 Å². The number of carbonyl (C=O) groups excluding carboxylic acids is 1. The molecule has 2 aromatic heterocycles. The highest BCUT2D eigenvalue weighted by atomic mass is 35.5. The summed E-state index contributed by atoms with van der Waals surface area (Å²) in [7, 11) is 0. The van der Waals surface area contributed by atoms with Crippen molar-refractivity contribution in [3.05, 3.63) is 113 Å². The Kier molecular flexibility index (Phi) is 4.77. The average molecular weight is 394 g/mol. The summed E-state index contributed by atoms with van der Waals surface area (Å²) in [5.74, 6) is 0.158. The number of halogens is 1. The zero-order valence-corrected chi connectivity index (χ0v) is 15.4. The molecule has 5 nitrogen and oxygen atoms in total. The fraction of sp³-hybridized carbons (Fsp3) is 0.0455. The second kappa shape index (κ2) is 7.38. The molecular weight excluding hydrogens is 378 g/mol. The van der Waals surface area contributed by atoms with Crippen molar-refractivity contribution in [3.63, 3.8) is 0 Å². The van der Waals surface area contributed by atoms with Crippen LogP contribution in [-0.2, 0) is 5.60 Å². The first kappa shape index (κ1) is 18.1. The van der Waals surface area contributed by atoms with Gasteiger partial charge in [0.1, 0.15) is 11.5 Å². The molecule has 0 aliphatic rings. The second-order valence-electron chi connectivity index (χ2n) is 6.18. The van der Waals surface area contributed by atoms with Crippen molar-refractivity contribution in [2.24, 2.45) is 0 Å². The minimum Gasteiger partial charge on any atom is -0.465 e. The molecule has 6 heteroatoms. The first-order chi connectivity index (χ1) is 13.6. The molecule has 0 atom stereocenters. The van der Waals surface area contributed by atoms with Crippen LogP contribution in [0.1, 0.15) is 27.4 Å². The Hall–Kier alpha value is -3.28. The molecule has 1 amide bonds. The topological polar surface area (TPSA) is 75.6 Å². The quantitative estimate of drug-likeness (QED) is 0.496. The van der Waals surface area contributed by atoms with Crippen LogP contribution in [0.15, 0.2) is 94.2 Å². The number of furan rings is 2. The molecule has 0 saturated carbocycles. The van der Waals surface area contributed by atoms with Crippen LogP contribution >= 0.6 is 11.6 Å². The van der Waals surface area contributed by atoms with Gasteiger partial charge in [-0.2, -0.15) is 0 Å². The summed E-state index contributed by atoms with van der Waals surface area (Å²) in [6, 6.07) is 20.2. The number of rotatable bonds is 5. The zero-order valence-electron chi connectivity index (χ0n) is 14.6. The van der Waals surface area contributed by atoms with Crippen LogP contribution in [0.2, 0.25) is 5.02 Å². The van der Waals surface area contributed by atoms with E-state index in [4.69, 9.17) is 20.4 Å². The smallest absolute Gasteiger partial charge is 0.255 e. The number of benzene rings is 2. The molecule has 2 aromatic carbocycles. The number of carbonyl (C=O) groups is 1. The van der Waals surface area contributed by atoms with Gasteiger partial charge >= 0.3 is 0 Å². The van der Waals surface area contributed by atoms with E-state index in [2.05, 4.69) is 5.32 Å². The number of anilines is 1. The van der Waals surface area contributed by atoms with Crippen LogP contribution in [-0.4, -0.2) is 11.0 Å². The summed E-state index contributed by atoms with van der Waals surface area (Å²) in [5, 5.41) is 14.9. The summed E-state index contributed by atoms with van der Waals surface area (Å²) in [6.07, 6.45) is 2.91. The van der Waals surface area contributed by atoms with Gasteiger partial charge in [0.2, 0.25) is 5.60 Å². The van der Waals surface area contributed by atoms with Crippen LogP contribution in [0.5, 0.6) is 0 Å². The lowest BCUT2D eigenvalue weighted by Gasteiger charge is -2.27. The van der Waals surface area contributed by atoms with E-state index in [-0.39, 0.29) is 17.4 Å². The highest BCUT2D eigenvalue weighted by molar-refractivity contribution is 6.30. The normalized spacial score (nSPS) is 11.4. The molecular formula is C22H16ClNO4. The maximum Gasteiger partial charge on any atom is 0.255 e. The monoisotopic (exact) mass is 393 g/mol. The molecule has 0 aliphatic carbocycles. The van der Waals surface area contributed by atoms with E-state index in [1.54, 1.807) is 66.7 Å². The van der Waals surface area contributed by atoms with E-state index in [0.717, 1.165) is 0 Å². The third-order valence-corrected chi connectivity index (χ3v) is 4.65. The standard InChI is InChI=1S/C22H16ClNO4/c23-16-10-11-18(24-21(25)15-6-2-1-3-7-15)17(14-16)22(26,19-8-4-12-27-19)20-9-5-13-28-20/h1-14,26H,(H,24,25). The van der Waals surface area contributed by atoms with E-state index in [1.165, 1.54) is 12.5 Å². The van der Waals surface area contributed by atoms with E-state index < -0.39 is 5.60 Å². The number of nitrogens with one attached hydrogen (secondary N) is 1. The van der Waals surface area contributed by atoms with Gasteiger partial charge < -0.3 is 19.3 Å². The van der Waals surface area contributed by atoms with Crippen molar-refractivity contribution in [2.45, 2.75) is 5.60 Å². The van der Waals surface area contributed by atoms with Crippen molar-refractivity contribution in [1.29, 1.82) is 0 Å². The lowest BCUT2D eigenvalue weighted by molar-refractivity contribution is 0.0757. The lowest BCUT2D eigenvalue weighted by Crippen LogP contribution is -2.29. The van der Waals surface area contributed by atoms with Gasteiger partial charge in [0, 0.05) is 21.8 Å². The molecule has 4 rings (SSSR count). The molecule has 140 valence electrons. The lowest BCUT2D eigenvalue weighted by atomic mass is 9.87. The van der Waals surface area contributed by atoms with Crippen molar-refractivity contribution >= 4 is 23.2 Å². The largest absolute Gasteiger partial charge is 0.465 e. The van der Waals surface area contributed by atoms with Crippen LogP contribution < -0.4 is 5.32 Å². The molecule has 0 unspecified atom stereocenters. The Bertz CT molecular complexity index is 1040. The maximum absolute atomic E-state index is 12.7. The van der Waals surface area contributed by atoms with Gasteiger partial charge in [0.05, 0.1) is 12.5 Å². The molecule has 0 bridgehead atoms. The first-order valence-electron chi connectivity index (χ1n) is 8.56. The minimum atomic E-state index is -1.78. The molecule has 0 fully saturated rings. The molecule has 4 aromatic rings. The number of hydrogen-bond acceptors (Lipinski definition) is 4. The van der Waals surface area contributed by atoms with Crippen molar-refractivity contribution in [1.82, 2.24) is 0 Å². The Morgan fingerprint density at radius 3 is 2.11 bits per heavy atom. The molecule has 2 N–H and O–H groups in total. The molecule has 0 saturated heterocycles. The summed E-state index contributed by atoms with van der Waals surface area (Å²) in [5.41, 5.74) is -0.581. The third kappa shape index (κ3) is 3.22. The van der Waals surface area contributed by atoms with Crippen LogP contribution in [0.4, 0.5) is 5.69 Å². The summed E-state index contributed by atoms with van der Waals surface area (Å²) in [6.45, 7) is 0. The number of aliphatic hydroxyl groups is 1. The van der Waals surface area contributed by atoms with Gasteiger partial charge in [-0.05, 0) is 54.6 Å². The Balaban J connectivity index is 1.84. The van der Waals surface area contributed by atoms with Gasteiger partial charge in [-0.1, -0.05) is 29.8 Å². The molecule has 0 aliphatic heterocycles. The fourth-order valence-electron chi connectivity index (χ4n) is 3.06. The predicted molar refractivity (Wildman–Crippen MR) is 105 cm³/mol. The Morgan fingerprint density at radius 2 is 1.54 bits per heavy atom. The van der Waals surface area contributed by atoms with Crippen LogP contribution in [0.25, 0.3) is 0 Å². The van der Waals surface area contributed by atoms with E-state index in [0.29, 0.717) is 21.8 Å². The van der Waals surface area contributed by atoms with Crippen molar-refractivity contribution in [2.75, 3.05) is 5.32 Å². The maximum atomic E-state index is 12.7. The van der Waals surface area contributed by atoms with Gasteiger partial charge in [-0.3, -0.25) is 4.79 Å². The molecule has 28 heavy (non-hydrogen) atoms. The van der Waals surface area contributed by atoms with Gasteiger partial charge in [0.15, 0.2) is 0 Å². The summed E-state index contributed by atoms with van der Waals surface area (Å²) < 4.78 is 11.0. The molecule has 0 radical (unpaired) electrons. The van der Waals surface area contributed by atoms with Gasteiger partial charge in [-0.15, -0.1) is 0 Å². The summed E-state index contributed by atoms with van der Waals surface area (Å²) >= 11 is 6.21. The van der Waals surface area contributed by atoms with Gasteiger partial charge in [0.25, 0.3) is 5.91 Å². The predicted octanol–water partition coefficient (Wildman–Crippen LogP) is 5.06. The van der Waals surface area contributed by atoms with Gasteiger partial charge in [-0.25, -0.2) is 0 Å². The highest BCUT2D eigenvalue weighted by Gasteiger charge is 2.41. The average Bonchev–Trinajstić information content (AvgIpc) is 3.44. The number of hydrogen-bond donors (Lipinski definition) is 2. The molecule has 2 heterocycles. The Labute approximate surface area is 166 Å². The Morgan fingerprint density at radius 1 is 0.893 bits per heavy atom. The highest BCUT2D eigenvalue weighted by Crippen LogP contribution is 2.41. The van der Waals surface area contributed by atoms with Crippen LogP contribution in [0, 0.1) is 0 Å².